The molecule has 3 nitrogen and oxygen atoms in total. The van der Waals surface area contributed by atoms with Gasteiger partial charge in [0.2, 0.25) is 0 Å². The number of anilines is 1. The third-order valence-corrected chi connectivity index (χ3v) is 2.05. The fourth-order valence-corrected chi connectivity index (χ4v) is 1.26. The summed E-state index contributed by atoms with van der Waals surface area (Å²) in [5.74, 6) is 2.44. The van der Waals surface area contributed by atoms with Gasteiger partial charge >= 0.3 is 0 Å². The quantitative estimate of drug-likeness (QED) is 0.738. The van der Waals surface area contributed by atoms with Gasteiger partial charge in [0.15, 0.2) is 0 Å². The van der Waals surface area contributed by atoms with Crippen LogP contribution in [0.15, 0.2) is 24.3 Å². The lowest BCUT2D eigenvalue weighted by Gasteiger charge is -2.06. The molecule has 0 aliphatic rings. The first kappa shape index (κ1) is 12.1. The van der Waals surface area contributed by atoms with E-state index in [9.17, 15) is 4.79 Å². The number of carbonyl (C=O) groups is 1. The average Bonchev–Trinajstić information content (AvgIpc) is 2.33. The Hall–Kier alpha value is -1.95. The summed E-state index contributed by atoms with van der Waals surface area (Å²) in [7, 11) is 0. The molecule has 0 saturated carbocycles. The fraction of sp³-hybridized carbons (Fsp3) is 0.308. The van der Waals surface area contributed by atoms with E-state index >= 15 is 0 Å². The van der Waals surface area contributed by atoms with Gasteiger partial charge in [-0.25, -0.2) is 0 Å². The van der Waals surface area contributed by atoms with Crippen molar-refractivity contribution in [3.63, 3.8) is 0 Å². The lowest BCUT2D eigenvalue weighted by Crippen LogP contribution is -2.23. The molecule has 1 rings (SSSR count). The van der Waals surface area contributed by atoms with Crippen molar-refractivity contribution in [3.05, 3.63) is 29.8 Å². The van der Waals surface area contributed by atoms with Crippen LogP contribution < -0.4 is 10.6 Å². The summed E-state index contributed by atoms with van der Waals surface area (Å²) >= 11 is 0. The summed E-state index contributed by atoms with van der Waals surface area (Å²) < 4.78 is 0. The van der Waals surface area contributed by atoms with Crippen molar-refractivity contribution in [2.24, 2.45) is 0 Å². The molecule has 3 heteroatoms. The minimum Gasteiger partial charge on any atom is -0.374 e. The molecule has 84 valence electrons. The summed E-state index contributed by atoms with van der Waals surface area (Å²) in [6.45, 7) is 3.17. The van der Waals surface area contributed by atoms with Gasteiger partial charge in [-0.3, -0.25) is 4.79 Å². The van der Waals surface area contributed by atoms with Crippen molar-refractivity contribution in [3.8, 4) is 12.3 Å². The lowest BCUT2D eigenvalue weighted by atomic mass is 10.2. The minimum atomic E-state index is -0.0498. The third-order valence-electron chi connectivity index (χ3n) is 2.05. The largest absolute Gasteiger partial charge is 0.374 e. The van der Waals surface area contributed by atoms with Gasteiger partial charge < -0.3 is 10.6 Å². The minimum absolute atomic E-state index is 0.0498. The average molecular weight is 216 g/mol. The van der Waals surface area contributed by atoms with Crippen LogP contribution in [0.5, 0.6) is 0 Å². The second-order valence-electron chi connectivity index (χ2n) is 3.39. The molecule has 0 bridgehead atoms. The zero-order valence-electron chi connectivity index (χ0n) is 9.42. The lowest BCUT2D eigenvalue weighted by molar-refractivity contribution is 0.0953. The van der Waals surface area contributed by atoms with Gasteiger partial charge in [-0.2, -0.15) is 0 Å². The summed E-state index contributed by atoms with van der Waals surface area (Å²) in [4.78, 5) is 11.7. The molecule has 0 atom stereocenters. The predicted octanol–water partition coefficient (Wildman–Crippen LogP) is 1.87. The molecule has 1 aromatic carbocycles. The van der Waals surface area contributed by atoms with E-state index in [1.807, 2.05) is 19.1 Å². The van der Waals surface area contributed by atoms with Gasteiger partial charge in [0, 0.05) is 17.8 Å². The van der Waals surface area contributed by atoms with Crippen molar-refractivity contribution >= 4 is 11.6 Å². The first-order chi connectivity index (χ1) is 7.77. The number of amides is 1. The van der Waals surface area contributed by atoms with Crippen LogP contribution in [0, 0.1) is 12.3 Å². The molecule has 1 amide bonds. The van der Waals surface area contributed by atoms with Crippen molar-refractivity contribution in [1.29, 1.82) is 0 Å². The summed E-state index contributed by atoms with van der Waals surface area (Å²) in [6, 6.07) is 7.29. The van der Waals surface area contributed by atoms with Crippen LogP contribution >= 0.6 is 0 Å². The maximum Gasteiger partial charge on any atom is 0.251 e. The Labute approximate surface area is 96.2 Å². The van der Waals surface area contributed by atoms with E-state index in [-0.39, 0.29) is 5.91 Å². The standard InChI is InChI=1S/C13H16N2O/c1-3-8-14-12-7-5-6-11(10-12)13(16)15-9-4-2/h1,5-7,10,14H,4,8-9H2,2H3,(H,15,16). The highest BCUT2D eigenvalue weighted by atomic mass is 16.1. The molecule has 0 saturated heterocycles. The molecule has 2 N–H and O–H groups in total. The van der Waals surface area contributed by atoms with E-state index in [0.717, 1.165) is 12.1 Å². The molecule has 0 heterocycles. The molecular weight excluding hydrogens is 200 g/mol. The monoisotopic (exact) mass is 216 g/mol. The first-order valence-corrected chi connectivity index (χ1v) is 5.33. The molecule has 1 aromatic rings. The molecule has 0 aliphatic carbocycles. The Morgan fingerprint density at radius 1 is 1.50 bits per heavy atom. The van der Waals surface area contributed by atoms with Crippen molar-refractivity contribution in [1.82, 2.24) is 5.32 Å². The van der Waals surface area contributed by atoms with Crippen LogP contribution in [-0.4, -0.2) is 19.0 Å². The molecule has 16 heavy (non-hydrogen) atoms. The van der Waals surface area contributed by atoms with E-state index in [0.29, 0.717) is 18.7 Å². The number of hydrogen-bond donors (Lipinski definition) is 2. The van der Waals surface area contributed by atoms with E-state index in [1.165, 1.54) is 0 Å². The van der Waals surface area contributed by atoms with Crippen molar-refractivity contribution < 1.29 is 4.79 Å². The van der Waals surface area contributed by atoms with Gasteiger partial charge in [0.05, 0.1) is 6.54 Å². The second-order valence-corrected chi connectivity index (χ2v) is 3.39. The molecular formula is C13H16N2O. The smallest absolute Gasteiger partial charge is 0.251 e. The van der Waals surface area contributed by atoms with Crippen LogP contribution in [0.3, 0.4) is 0 Å². The number of rotatable bonds is 5. The second kappa shape index (κ2) is 6.52. The van der Waals surface area contributed by atoms with Gasteiger partial charge in [0.25, 0.3) is 5.91 Å². The van der Waals surface area contributed by atoms with E-state index in [4.69, 9.17) is 6.42 Å². The highest BCUT2D eigenvalue weighted by molar-refractivity contribution is 5.95. The van der Waals surface area contributed by atoms with Crippen molar-refractivity contribution in [2.75, 3.05) is 18.4 Å². The van der Waals surface area contributed by atoms with E-state index in [1.54, 1.807) is 12.1 Å². The summed E-state index contributed by atoms with van der Waals surface area (Å²) in [5.41, 5.74) is 1.51. The molecule has 0 aliphatic heterocycles. The van der Waals surface area contributed by atoms with Gasteiger partial charge in [-0.15, -0.1) is 6.42 Å². The number of nitrogens with one attached hydrogen (secondary N) is 2. The topological polar surface area (TPSA) is 41.1 Å². The number of hydrogen-bond acceptors (Lipinski definition) is 2. The predicted molar refractivity (Wildman–Crippen MR) is 66.4 cm³/mol. The normalized spacial score (nSPS) is 9.25. The Morgan fingerprint density at radius 2 is 2.31 bits per heavy atom. The molecule has 0 fully saturated rings. The van der Waals surface area contributed by atoms with Crippen LogP contribution in [0.2, 0.25) is 0 Å². The Kier molecular flexibility index (Phi) is 4.94. The molecule has 0 unspecified atom stereocenters. The van der Waals surface area contributed by atoms with E-state index < -0.39 is 0 Å². The molecule has 0 radical (unpaired) electrons. The summed E-state index contributed by atoms with van der Waals surface area (Å²) in [6.07, 6.45) is 6.08. The number of benzene rings is 1. The van der Waals surface area contributed by atoms with Crippen LogP contribution in [0.25, 0.3) is 0 Å². The van der Waals surface area contributed by atoms with Crippen LogP contribution in [0.1, 0.15) is 23.7 Å². The third kappa shape index (κ3) is 3.66. The maximum absolute atomic E-state index is 11.7. The van der Waals surface area contributed by atoms with Crippen LogP contribution in [-0.2, 0) is 0 Å². The number of terminal acetylenes is 1. The molecule has 0 spiro atoms. The Balaban J connectivity index is 2.66. The fourth-order valence-electron chi connectivity index (χ4n) is 1.26. The zero-order chi connectivity index (χ0) is 11.8. The van der Waals surface area contributed by atoms with Crippen molar-refractivity contribution in [2.45, 2.75) is 13.3 Å². The number of carbonyl (C=O) groups excluding carboxylic acids is 1. The van der Waals surface area contributed by atoms with Gasteiger partial charge in [0.1, 0.15) is 0 Å². The van der Waals surface area contributed by atoms with Gasteiger partial charge in [-0.05, 0) is 24.6 Å². The van der Waals surface area contributed by atoms with E-state index in [2.05, 4.69) is 16.6 Å². The zero-order valence-corrected chi connectivity index (χ0v) is 9.42. The van der Waals surface area contributed by atoms with Gasteiger partial charge in [-0.1, -0.05) is 18.9 Å². The highest BCUT2D eigenvalue weighted by Crippen LogP contribution is 2.10. The Bertz CT molecular complexity index is 393. The SMILES string of the molecule is C#CCNc1cccc(C(=O)NCCC)c1. The highest BCUT2D eigenvalue weighted by Gasteiger charge is 2.04. The maximum atomic E-state index is 11.7. The first-order valence-electron chi connectivity index (χ1n) is 5.33. The Morgan fingerprint density at radius 3 is 3.00 bits per heavy atom. The molecule has 0 aromatic heterocycles. The van der Waals surface area contributed by atoms with Crippen LogP contribution in [0.4, 0.5) is 5.69 Å². The summed E-state index contributed by atoms with van der Waals surface area (Å²) in [5, 5.41) is 5.85.